The molecule has 232 valence electrons. The second-order valence-electron chi connectivity index (χ2n) is 10.4. The Hall–Kier alpha value is -4.49. The zero-order valence-electron chi connectivity index (χ0n) is 26.3. The number of thiophene rings is 1. The van der Waals surface area contributed by atoms with E-state index in [-0.39, 0.29) is 12.3 Å². The van der Waals surface area contributed by atoms with Gasteiger partial charge in [-0.05, 0) is 43.9 Å². The fourth-order valence-electron chi connectivity index (χ4n) is 4.70. The molecule has 11 nitrogen and oxygen atoms in total. The number of nitrogens with zero attached hydrogens (tertiary/aromatic N) is 5. The molecule has 0 unspecified atom stereocenters. The van der Waals surface area contributed by atoms with Crippen LogP contribution < -0.4 is 15.8 Å². The molecule has 5 aromatic rings. The topological polar surface area (TPSA) is 119 Å². The second kappa shape index (κ2) is 14.3. The number of aliphatic imine (C=N–C) groups is 1. The summed E-state index contributed by atoms with van der Waals surface area (Å²) in [5.74, 6) is 0.934. The number of hydrogen-bond acceptors (Lipinski definition) is 9. The lowest BCUT2D eigenvalue weighted by Gasteiger charge is -2.19. The third kappa shape index (κ3) is 7.00. The lowest BCUT2D eigenvalue weighted by molar-refractivity contribution is -0.179. The highest BCUT2D eigenvalue weighted by Crippen LogP contribution is 2.43. The molecule has 3 aromatic heterocycles. The van der Waals surface area contributed by atoms with Gasteiger partial charge in [-0.1, -0.05) is 24.3 Å². The molecule has 1 amide bonds. The summed E-state index contributed by atoms with van der Waals surface area (Å²) in [5, 5.41) is 6.93. The fraction of sp³-hybridized carbons (Fsp3) is 0.281. The van der Waals surface area contributed by atoms with Crippen LogP contribution in [-0.2, 0) is 16.5 Å². The van der Waals surface area contributed by atoms with Crippen LogP contribution in [-0.4, -0.2) is 87.5 Å². The van der Waals surface area contributed by atoms with Gasteiger partial charge in [-0.3, -0.25) is 9.69 Å². The van der Waals surface area contributed by atoms with Gasteiger partial charge in [0.05, 0.1) is 35.7 Å². The number of methoxy groups -OCH3 is 3. The molecule has 0 aliphatic heterocycles. The molecule has 12 heteroatoms. The number of aryl methyl sites for hydroxylation is 1. The van der Waals surface area contributed by atoms with Crippen LogP contribution in [0, 0.1) is 0 Å². The number of nitrogens with two attached hydrogens (primary N) is 1. The van der Waals surface area contributed by atoms with Crippen molar-refractivity contribution in [2.45, 2.75) is 6.41 Å². The van der Waals surface area contributed by atoms with E-state index < -0.39 is 0 Å². The summed E-state index contributed by atoms with van der Waals surface area (Å²) in [5.41, 5.74) is 10.8. The Labute approximate surface area is 261 Å². The maximum atomic E-state index is 13.1. The van der Waals surface area contributed by atoms with Crippen molar-refractivity contribution in [3.63, 3.8) is 0 Å². The molecular formula is C32H39N7O4S. The Balaban J connectivity index is 0.000000488. The van der Waals surface area contributed by atoms with Crippen molar-refractivity contribution in [1.82, 2.24) is 19.4 Å². The van der Waals surface area contributed by atoms with Gasteiger partial charge < -0.3 is 34.7 Å². The van der Waals surface area contributed by atoms with Gasteiger partial charge in [0.2, 0.25) is 6.41 Å². The minimum Gasteiger partial charge on any atom is -0.495 e. The van der Waals surface area contributed by atoms with Crippen molar-refractivity contribution in [3.05, 3.63) is 65.8 Å². The molecule has 0 aliphatic carbocycles. The van der Waals surface area contributed by atoms with Gasteiger partial charge in [0.15, 0.2) is 5.82 Å². The van der Waals surface area contributed by atoms with E-state index in [2.05, 4.69) is 15.3 Å². The van der Waals surface area contributed by atoms with E-state index in [1.807, 2.05) is 104 Å². The van der Waals surface area contributed by atoms with Gasteiger partial charge in [0.1, 0.15) is 11.4 Å². The standard InChI is InChI=1S/C27H26N6O2S.C5H13NO2/c1-32(2)15-30-26-24-18(14-36-25(24)19(28)13-29-26)16-9-10-20(23(12-16)35-4)31-27(34)22-11-17-7-5-6-8-21(17)33(22)3;1-6(2)5(7-3)8-4/h5-15H,28H2,1-4H3,(H,31,34);5H,1-4H3. The van der Waals surface area contributed by atoms with Crippen molar-refractivity contribution in [2.24, 2.45) is 12.0 Å². The quantitative estimate of drug-likeness (QED) is 0.124. The van der Waals surface area contributed by atoms with E-state index in [1.165, 1.54) is 0 Å². The third-order valence-electron chi connectivity index (χ3n) is 6.78. The Morgan fingerprint density at radius 1 is 1.09 bits per heavy atom. The SMILES string of the molecule is COC(OC)N(C)C.COc1cc(-c2csc3c(N)cnc(N=CN(C)C)c23)ccc1NC(=O)c1cc2ccccc2n1C. The number of rotatable bonds is 9. The number of anilines is 2. The molecule has 0 spiro atoms. The number of carbonyl (C=O) groups excluding carboxylic acids is 1. The maximum absolute atomic E-state index is 13.1. The van der Waals surface area contributed by atoms with Crippen LogP contribution in [0.5, 0.6) is 5.75 Å². The first-order valence-electron chi connectivity index (χ1n) is 13.7. The van der Waals surface area contributed by atoms with Crippen molar-refractivity contribution < 1.29 is 19.0 Å². The molecular weight excluding hydrogens is 578 g/mol. The summed E-state index contributed by atoms with van der Waals surface area (Å²) < 4.78 is 18.2. The number of aromatic nitrogens is 2. The third-order valence-corrected chi connectivity index (χ3v) is 7.81. The molecule has 0 radical (unpaired) electrons. The average molecular weight is 618 g/mol. The van der Waals surface area contributed by atoms with E-state index >= 15 is 0 Å². The van der Waals surface area contributed by atoms with E-state index in [0.717, 1.165) is 32.1 Å². The number of nitrogen functional groups attached to an aromatic ring is 1. The predicted molar refractivity (Wildman–Crippen MR) is 180 cm³/mol. The van der Waals surface area contributed by atoms with Gasteiger partial charge >= 0.3 is 0 Å². The molecule has 3 N–H and O–H groups in total. The first-order valence-corrected chi connectivity index (χ1v) is 14.6. The molecule has 3 heterocycles. The summed E-state index contributed by atoms with van der Waals surface area (Å²) in [6.07, 6.45) is 3.14. The lowest BCUT2D eigenvalue weighted by atomic mass is 10.0. The number of carbonyl (C=O) groups is 1. The first-order chi connectivity index (χ1) is 21.1. The number of fused-ring (bicyclic) bond motifs is 2. The van der Waals surface area contributed by atoms with Crippen LogP contribution in [0.15, 0.2) is 65.1 Å². The van der Waals surface area contributed by atoms with Gasteiger partial charge in [-0.15, -0.1) is 11.3 Å². The van der Waals surface area contributed by atoms with Gasteiger partial charge in [0, 0.05) is 62.6 Å². The number of para-hydroxylation sites is 1. The maximum Gasteiger partial charge on any atom is 0.272 e. The summed E-state index contributed by atoms with van der Waals surface area (Å²) >= 11 is 1.55. The van der Waals surface area contributed by atoms with Crippen LogP contribution in [0.2, 0.25) is 0 Å². The molecule has 0 saturated carbocycles. The molecule has 2 aromatic carbocycles. The van der Waals surface area contributed by atoms with Crippen LogP contribution in [0.4, 0.5) is 17.2 Å². The molecule has 0 atom stereocenters. The van der Waals surface area contributed by atoms with Crippen LogP contribution in [0.1, 0.15) is 10.5 Å². The van der Waals surface area contributed by atoms with Crippen molar-refractivity contribution in [2.75, 3.05) is 60.6 Å². The molecule has 0 fully saturated rings. The van der Waals surface area contributed by atoms with E-state index in [1.54, 1.807) is 45.2 Å². The van der Waals surface area contributed by atoms with Gasteiger partial charge in [0.25, 0.3) is 5.91 Å². The number of pyridine rings is 1. The van der Waals surface area contributed by atoms with E-state index in [9.17, 15) is 4.79 Å². The van der Waals surface area contributed by atoms with E-state index in [0.29, 0.717) is 28.6 Å². The molecule has 0 saturated heterocycles. The Kier molecular flexibility index (Phi) is 10.6. The van der Waals surface area contributed by atoms with E-state index in [4.69, 9.17) is 19.9 Å². The molecule has 5 rings (SSSR count). The van der Waals surface area contributed by atoms with Crippen molar-refractivity contribution in [3.8, 4) is 16.9 Å². The summed E-state index contributed by atoms with van der Waals surface area (Å²) in [6, 6.07) is 15.5. The van der Waals surface area contributed by atoms with Crippen LogP contribution in [0.25, 0.3) is 32.1 Å². The Morgan fingerprint density at radius 2 is 1.82 bits per heavy atom. The number of amides is 1. The Bertz CT molecular complexity index is 1770. The number of nitrogens with one attached hydrogen (secondary N) is 1. The normalized spacial score (nSPS) is 11.4. The molecule has 0 bridgehead atoms. The highest BCUT2D eigenvalue weighted by Gasteiger charge is 2.18. The first kappa shape index (κ1) is 32.4. The monoisotopic (exact) mass is 617 g/mol. The van der Waals surface area contributed by atoms with Gasteiger partial charge in [-0.25, -0.2) is 9.98 Å². The minimum absolute atomic E-state index is 0.210. The van der Waals surface area contributed by atoms with Crippen LogP contribution in [0.3, 0.4) is 0 Å². The smallest absolute Gasteiger partial charge is 0.272 e. The van der Waals surface area contributed by atoms with Crippen molar-refractivity contribution >= 4 is 61.8 Å². The average Bonchev–Trinajstić information content (AvgIpc) is 3.60. The summed E-state index contributed by atoms with van der Waals surface area (Å²) in [7, 11) is 14.3. The predicted octanol–water partition coefficient (Wildman–Crippen LogP) is 5.64. The summed E-state index contributed by atoms with van der Waals surface area (Å²) in [4.78, 5) is 25.8. The lowest BCUT2D eigenvalue weighted by Crippen LogP contribution is -2.30. The van der Waals surface area contributed by atoms with Crippen LogP contribution >= 0.6 is 11.3 Å². The Morgan fingerprint density at radius 3 is 2.43 bits per heavy atom. The molecule has 44 heavy (non-hydrogen) atoms. The molecule has 0 aliphatic rings. The van der Waals surface area contributed by atoms with Gasteiger partial charge in [-0.2, -0.15) is 0 Å². The number of hydrogen-bond donors (Lipinski definition) is 2. The number of ether oxygens (including phenoxy) is 3. The largest absolute Gasteiger partial charge is 0.495 e. The summed E-state index contributed by atoms with van der Waals surface area (Å²) in [6.45, 7) is 0. The second-order valence-corrected chi connectivity index (χ2v) is 11.2. The van der Waals surface area contributed by atoms with Crippen molar-refractivity contribution in [1.29, 1.82) is 0 Å². The zero-order chi connectivity index (χ0) is 32.0. The highest BCUT2D eigenvalue weighted by molar-refractivity contribution is 7.18. The fourth-order valence-corrected chi connectivity index (χ4v) is 5.70. The highest BCUT2D eigenvalue weighted by atomic mass is 32.1. The number of benzene rings is 2. The zero-order valence-corrected chi connectivity index (χ0v) is 27.1. The minimum atomic E-state index is -0.213.